The van der Waals surface area contributed by atoms with Crippen molar-refractivity contribution in [2.75, 3.05) is 27.7 Å². The standard InChI is InChI=1S/C20H22ClNO3.ClH/c1-22(2)12-11-20(14-7-9-15(21)10-8-14)13-17-16(19(23)25-20)5-4-6-18(17)24-3;/h4-10H,11-13H2,1-3H3;1H. The third-order valence-electron chi connectivity index (χ3n) is 4.66. The third kappa shape index (κ3) is 3.98. The lowest BCUT2D eigenvalue weighted by Crippen LogP contribution is -2.41. The van der Waals surface area contributed by atoms with Crippen LogP contribution < -0.4 is 4.74 Å². The second-order valence-corrected chi connectivity index (χ2v) is 7.04. The monoisotopic (exact) mass is 395 g/mol. The fourth-order valence-electron chi connectivity index (χ4n) is 3.29. The average Bonchev–Trinajstić information content (AvgIpc) is 2.60. The van der Waals surface area contributed by atoms with Crippen LogP contribution in [0.1, 0.15) is 27.9 Å². The van der Waals surface area contributed by atoms with E-state index >= 15 is 0 Å². The number of fused-ring (bicyclic) bond motifs is 1. The van der Waals surface area contributed by atoms with Crippen LogP contribution in [-0.2, 0) is 16.8 Å². The van der Waals surface area contributed by atoms with Crippen LogP contribution in [0.15, 0.2) is 42.5 Å². The number of hydrogen-bond donors (Lipinski definition) is 0. The largest absolute Gasteiger partial charge is 0.496 e. The highest BCUT2D eigenvalue weighted by Gasteiger charge is 2.42. The summed E-state index contributed by atoms with van der Waals surface area (Å²) in [5.74, 6) is 0.409. The van der Waals surface area contributed by atoms with E-state index in [1.165, 1.54) is 0 Å². The minimum absolute atomic E-state index is 0. The molecular formula is C20H23Cl2NO3. The van der Waals surface area contributed by atoms with Gasteiger partial charge in [-0.2, -0.15) is 0 Å². The van der Waals surface area contributed by atoms with Crippen LogP contribution in [0.2, 0.25) is 5.02 Å². The van der Waals surface area contributed by atoms with Gasteiger partial charge in [-0.05, 0) is 43.9 Å². The van der Waals surface area contributed by atoms with Crippen LogP contribution in [0.4, 0.5) is 0 Å². The van der Waals surface area contributed by atoms with E-state index in [1.807, 2.05) is 50.5 Å². The van der Waals surface area contributed by atoms with Crippen molar-refractivity contribution in [3.8, 4) is 5.75 Å². The maximum absolute atomic E-state index is 12.7. The Hall–Kier alpha value is -1.75. The Labute approximate surface area is 165 Å². The molecule has 0 aliphatic carbocycles. The highest BCUT2D eigenvalue weighted by molar-refractivity contribution is 6.30. The molecule has 1 heterocycles. The van der Waals surface area contributed by atoms with Gasteiger partial charge in [0.15, 0.2) is 0 Å². The molecule has 0 N–H and O–H groups in total. The van der Waals surface area contributed by atoms with E-state index in [2.05, 4.69) is 4.90 Å². The summed E-state index contributed by atoms with van der Waals surface area (Å²) in [5.41, 5.74) is 1.69. The number of rotatable bonds is 5. The van der Waals surface area contributed by atoms with Crippen molar-refractivity contribution in [1.29, 1.82) is 0 Å². The lowest BCUT2D eigenvalue weighted by Gasteiger charge is -2.39. The van der Waals surface area contributed by atoms with E-state index in [0.29, 0.717) is 23.4 Å². The van der Waals surface area contributed by atoms with Gasteiger partial charge in [-0.1, -0.05) is 29.8 Å². The summed E-state index contributed by atoms with van der Waals surface area (Å²) in [7, 11) is 5.64. The van der Waals surface area contributed by atoms with Crippen molar-refractivity contribution in [3.05, 3.63) is 64.2 Å². The number of benzene rings is 2. The Morgan fingerprint density at radius 1 is 1.19 bits per heavy atom. The number of carbonyl (C=O) groups excluding carboxylic acids is 1. The van der Waals surface area contributed by atoms with Crippen LogP contribution in [-0.4, -0.2) is 38.6 Å². The molecule has 1 aliphatic heterocycles. The molecule has 0 saturated heterocycles. The molecule has 0 fully saturated rings. The summed E-state index contributed by atoms with van der Waals surface area (Å²) >= 11 is 6.04. The van der Waals surface area contributed by atoms with Crippen molar-refractivity contribution < 1.29 is 14.3 Å². The van der Waals surface area contributed by atoms with Crippen LogP contribution in [0.25, 0.3) is 0 Å². The first-order valence-electron chi connectivity index (χ1n) is 8.25. The second-order valence-electron chi connectivity index (χ2n) is 6.61. The van der Waals surface area contributed by atoms with Crippen LogP contribution in [0.5, 0.6) is 5.75 Å². The second kappa shape index (κ2) is 8.30. The normalized spacial score (nSPS) is 18.7. The molecule has 4 nitrogen and oxygen atoms in total. The Morgan fingerprint density at radius 3 is 2.50 bits per heavy atom. The van der Waals surface area contributed by atoms with E-state index in [1.54, 1.807) is 13.2 Å². The van der Waals surface area contributed by atoms with Gasteiger partial charge < -0.3 is 14.4 Å². The molecule has 0 saturated carbocycles. The summed E-state index contributed by atoms with van der Waals surface area (Å²) in [6, 6.07) is 13.0. The topological polar surface area (TPSA) is 38.8 Å². The van der Waals surface area contributed by atoms with Gasteiger partial charge in [-0.3, -0.25) is 0 Å². The van der Waals surface area contributed by atoms with Crippen molar-refractivity contribution in [2.24, 2.45) is 0 Å². The van der Waals surface area contributed by atoms with Gasteiger partial charge in [0, 0.05) is 30.0 Å². The Balaban J connectivity index is 0.00000243. The molecule has 140 valence electrons. The molecule has 2 aromatic rings. The van der Waals surface area contributed by atoms with Gasteiger partial charge in [0.1, 0.15) is 11.4 Å². The fraction of sp³-hybridized carbons (Fsp3) is 0.350. The third-order valence-corrected chi connectivity index (χ3v) is 4.91. The Bertz CT molecular complexity index is 777. The number of nitrogens with zero attached hydrogens (tertiary/aromatic N) is 1. The summed E-state index contributed by atoms with van der Waals surface area (Å²) in [6.07, 6.45) is 1.26. The van der Waals surface area contributed by atoms with E-state index in [-0.39, 0.29) is 18.4 Å². The number of esters is 1. The average molecular weight is 396 g/mol. The van der Waals surface area contributed by atoms with Crippen molar-refractivity contribution in [1.82, 2.24) is 4.90 Å². The van der Waals surface area contributed by atoms with Crippen molar-refractivity contribution >= 4 is 30.0 Å². The fourth-order valence-corrected chi connectivity index (χ4v) is 3.41. The lowest BCUT2D eigenvalue weighted by molar-refractivity contribution is -0.0359. The predicted molar refractivity (Wildman–Crippen MR) is 106 cm³/mol. The quantitative estimate of drug-likeness (QED) is 0.706. The Morgan fingerprint density at radius 2 is 1.88 bits per heavy atom. The molecule has 0 spiro atoms. The zero-order chi connectivity index (χ0) is 18.0. The van der Waals surface area contributed by atoms with E-state index in [0.717, 1.165) is 23.4 Å². The maximum Gasteiger partial charge on any atom is 0.339 e. The molecular weight excluding hydrogens is 373 g/mol. The molecule has 0 amide bonds. The van der Waals surface area contributed by atoms with Gasteiger partial charge >= 0.3 is 5.97 Å². The molecule has 26 heavy (non-hydrogen) atoms. The number of methoxy groups -OCH3 is 1. The van der Waals surface area contributed by atoms with Crippen molar-refractivity contribution in [2.45, 2.75) is 18.4 Å². The van der Waals surface area contributed by atoms with E-state index < -0.39 is 5.60 Å². The lowest BCUT2D eigenvalue weighted by atomic mass is 9.80. The molecule has 1 aliphatic rings. The molecule has 6 heteroatoms. The van der Waals surface area contributed by atoms with Gasteiger partial charge in [-0.25, -0.2) is 4.79 Å². The van der Waals surface area contributed by atoms with Gasteiger partial charge in [0.25, 0.3) is 0 Å². The minimum atomic E-state index is -0.729. The van der Waals surface area contributed by atoms with E-state index in [9.17, 15) is 4.79 Å². The maximum atomic E-state index is 12.7. The van der Waals surface area contributed by atoms with Gasteiger partial charge in [0.05, 0.1) is 12.7 Å². The first kappa shape index (κ1) is 20.6. The first-order chi connectivity index (χ1) is 11.9. The molecule has 2 aromatic carbocycles. The summed E-state index contributed by atoms with van der Waals surface area (Å²) in [6.45, 7) is 0.792. The number of hydrogen-bond acceptors (Lipinski definition) is 4. The molecule has 0 aromatic heterocycles. The van der Waals surface area contributed by atoms with Crippen LogP contribution in [0.3, 0.4) is 0 Å². The number of carbonyl (C=O) groups is 1. The number of cyclic esters (lactones) is 1. The molecule has 0 radical (unpaired) electrons. The summed E-state index contributed by atoms with van der Waals surface area (Å²) in [4.78, 5) is 14.8. The van der Waals surface area contributed by atoms with Crippen LogP contribution in [0, 0.1) is 0 Å². The molecule has 0 bridgehead atoms. The smallest absolute Gasteiger partial charge is 0.339 e. The SMILES string of the molecule is COc1cccc2c1CC(CCN(C)C)(c1ccc(Cl)cc1)OC2=O.Cl. The molecule has 1 unspecified atom stereocenters. The summed E-state index contributed by atoms with van der Waals surface area (Å²) in [5, 5.41) is 0.659. The minimum Gasteiger partial charge on any atom is -0.496 e. The number of halogens is 2. The highest BCUT2D eigenvalue weighted by atomic mass is 35.5. The van der Waals surface area contributed by atoms with Gasteiger partial charge in [-0.15, -0.1) is 12.4 Å². The molecule has 3 rings (SSSR count). The van der Waals surface area contributed by atoms with Crippen molar-refractivity contribution in [3.63, 3.8) is 0 Å². The number of ether oxygens (including phenoxy) is 2. The van der Waals surface area contributed by atoms with Gasteiger partial charge in [0.2, 0.25) is 0 Å². The van der Waals surface area contributed by atoms with Crippen LogP contribution >= 0.6 is 24.0 Å². The first-order valence-corrected chi connectivity index (χ1v) is 8.63. The predicted octanol–water partition coefficient (Wildman–Crippen LogP) is 4.33. The zero-order valence-electron chi connectivity index (χ0n) is 15.1. The molecule has 1 atom stereocenters. The zero-order valence-corrected chi connectivity index (χ0v) is 16.7. The van der Waals surface area contributed by atoms with E-state index in [4.69, 9.17) is 21.1 Å². The Kier molecular flexibility index (Phi) is 6.56. The summed E-state index contributed by atoms with van der Waals surface area (Å²) < 4.78 is 11.5. The highest BCUT2D eigenvalue weighted by Crippen LogP contribution is 2.42.